The molecule has 0 heterocycles. The van der Waals surface area contributed by atoms with E-state index in [0.29, 0.717) is 11.8 Å². The third kappa shape index (κ3) is 9.98. The summed E-state index contributed by atoms with van der Waals surface area (Å²) in [7, 11) is 11.0. The maximum atomic E-state index is 4.93. The minimum atomic E-state index is -0.826. The molecular weight excluding hydrogens is 686 g/mol. The van der Waals surface area contributed by atoms with Crippen LogP contribution in [0.15, 0.2) is 57.5 Å². The molecule has 0 amide bonds. The van der Waals surface area contributed by atoms with E-state index in [1.807, 2.05) is 0 Å². The van der Waals surface area contributed by atoms with E-state index in [1.54, 1.807) is 0 Å². The number of rotatable bonds is 2. The molecule has 4 rings (SSSR count). The first-order valence-corrected chi connectivity index (χ1v) is 21.2. The molecule has 0 aliphatic rings. The summed E-state index contributed by atoms with van der Waals surface area (Å²) >= 11 is 6.43. The Morgan fingerprint density at radius 2 is 1.00 bits per heavy atom. The molecular formula is C28H34Br2Cl2SiZr. The molecule has 0 atom stereocenters. The predicted octanol–water partition coefficient (Wildman–Crippen LogP) is 11.7. The van der Waals surface area contributed by atoms with Gasteiger partial charge in [-0.1, -0.05) is 110 Å². The van der Waals surface area contributed by atoms with Crippen molar-refractivity contribution in [3.8, 4) is 0 Å². The molecule has 34 heavy (non-hydrogen) atoms. The van der Waals surface area contributed by atoms with E-state index in [1.165, 1.54) is 52.7 Å². The molecule has 0 saturated carbocycles. The third-order valence-electron chi connectivity index (χ3n) is 5.21. The van der Waals surface area contributed by atoms with Gasteiger partial charge in [0.05, 0.1) is 0 Å². The molecule has 2 radical (unpaired) electrons. The van der Waals surface area contributed by atoms with Gasteiger partial charge in [0.2, 0.25) is 0 Å². The van der Waals surface area contributed by atoms with Crippen LogP contribution in [-0.2, 0) is 20.8 Å². The zero-order chi connectivity index (χ0) is 26.0. The summed E-state index contributed by atoms with van der Waals surface area (Å²) in [5, 5.41) is 5.35. The first-order chi connectivity index (χ1) is 16.0. The van der Waals surface area contributed by atoms with Gasteiger partial charge >= 0.3 is 37.9 Å². The zero-order valence-corrected chi connectivity index (χ0v) is 29.4. The van der Waals surface area contributed by atoms with Crippen LogP contribution >= 0.6 is 48.9 Å². The Morgan fingerprint density at radius 3 is 1.26 bits per heavy atom. The Balaban J connectivity index is 0.000000277. The van der Waals surface area contributed by atoms with Crippen LogP contribution in [0.2, 0.25) is 13.1 Å². The van der Waals surface area contributed by atoms with Gasteiger partial charge in [-0.25, -0.2) is 0 Å². The second kappa shape index (κ2) is 16.2. The normalized spacial score (nSPS) is 10.3. The van der Waals surface area contributed by atoms with Crippen LogP contribution in [0.25, 0.3) is 21.5 Å². The summed E-state index contributed by atoms with van der Waals surface area (Å²) < 4.78 is 2.43. The first-order valence-electron chi connectivity index (χ1n) is 11.3. The molecule has 0 saturated heterocycles. The van der Waals surface area contributed by atoms with Crippen LogP contribution in [0.3, 0.4) is 0 Å². The second-order valence-electron chi connectivity index (χ2n) is 8.96. The number of aryl methyl sites for hydroxylation is 2. The van der Waals surface area contributed by atoms with Gasteiger partial charge < -0.3 is 0 Å². The van der Waals surface area contributed by atoms with E-state index in [2.05, 4.69) is 135 Å². The van der Waals surface area contributed by atoms with Crippen molar-refractivity contribution in [2.45, 2.75) is 66.5 Å². The van der Waals surface area contributed by atoms with E-state index < -0.39 is 20.8 Å². The van der Waals surface area contributed by atoms with Crippen LogP contribution in [0, 0.1) is 13.8 Å². The molecule has 182 valence electrons. The minimum absolute atomic E-state index is 0.589. The fourth-order valence-corrected chi connectivity index (χ4v) is 4.78. The quantitative estimate of drug-likeness (QED) is 0.143. The Hall–Kier alpha value is 0.300. The Bertz CT molecular complexity index is 1070. The van der Waals surface area contributed by atoms with Crippen molar-refractivity contribution in [1.29, 1.82) is 0 Å². The van der Waals surface area contributed by atoms with Crippen LogP contribution < -0.4 is 0 Å². The monoisotopic (exact) mass is 716 g/mol. The number of fused-ring (bicyclic) bond motifs is 2. The van der Waals surface area contributed by atoms with Crippen molar-refractivity contribution in [2.75, 3.05) is 0 Å². The van der Waals surface area contributed by atoms with E-state index in [0.717, 1.165) is 9.52 Å². The number of benzene rings is 2. The fraction of sp³-hybridized carbons (Fsp3) is 0.357. The van der Waals surface area contributed by atoms with Crippen molar-refractivity contribution in [3.05, 3.63) is 79.7 Å². The van der Waals surface area contributed by atoms with Gasteiger partial charge in [-0.05, 0) is 20.8 Å². The summed E-state index contributed by atoms with van der Waals surface area (Å²) in [6, 6.07) is 18.0. The third-order valence-corrected chi connectivity index (χ3v) is 6.52. The van der Waals surface area contributed by atoms with Crippen molar-refractivity contribution in [1.82, 2.24) is 0 Å². The fourth-order valence-electron chi connectivity index (χ4n) is 3.56. The predicted molar refractivity (Wildman–Crippen MR) is 161 cm³/mol. The average Bonchev–Trinajstić information content (AvgIpc) is 3.31. The molecule has 4 aromatic rings. The molecule has 4 aromatic carbocycles. The van der Waals surface area contributed by atoms with Crippen molar-refractivity contribution >= 4 is 80.0 Å². The van der Waals surface area contributed by atoms with E-state index in [4.69, 9.17) is 17.0 Å². The maximum absolute atomic E-state index is 4.93. The summed E-state index contributed by atoms with van der Waals surface area (Å²) in [5.74, 6) is 1.18. The van der Waals surface area contributed by atoms with Gasteiger partial charge in [-0.15, -0.1) is 56.9 Å². The van der Waals surface area contributed by atoms with Crippen LogP contribution in [0.5, 0.6) is 0 Å². The Morgan fingerprint density at radius 1 is 0.706 bits per heavy atom. The molecule has 0 N–H and O–H groups in total. The molecule has 0 fully saturated rings. The Kier molecular flexibility index (Phi) is 15.4. The average molecular weight is 721 g/mol. The van der Waals surface area contributed by atoms with E-state index in [9.17, 15) is 0 Å². The van der Waals surface area contributed by atoms with E-state index in [-0.39, 0.29) is 0 Å². The van der Waals surface area contributed by atoms with Gasteiger partial charge in [0, 0.05) is 9.52 Å². The van der Waals surface area contributed by atoms with Crippen LogP contribution in [-0.4, -0.2) is 9.52 Å². The first kappa shape index (κ1) is 32.3. The topological polar surface area (TPSA) is 0 Å². The van der Waals surface area contributed by atoms with E-state index >= 15 is 0 Å². The Labute approximate surface area is 244 Å². The van der Waals surface area contributed by atoms with Gasteiger partial charge in [-0.2, -0.15) is 12.1 Å². The number of halogens is 4. The number of hydrogen-bond donors (Lipinski definition) is 0. The SMILES string of the molecule is C[Si]C.Cc1cc2c(Br)cc(C(C)C)cc2[cH-]1.Cc1cc2c(Br)cc(C(C)C)cc2[cH-]1.[Cl][Zr+2][Cl]. The van der Waals surface area contributed by atoms with Gasteiger partial charge in [-0.3, -0.25) is 0 Å². The van der Waals surface area contributed by atoms with Crippen molar-refractivity contribution in [3.63, 3.8) is 0 Å². The molecule has 0 bridgehead atoms. The summed E-state index contributed by atoms with van der Waals surface area (Å²) in [5.41, 5.74) is 5.47. The van der Waals surface area contributed by atoms with Crippen LogP contribution in [0.1, 0.15) is 61.8 Å². The number of hydrogen-bond acceptors (Lipinski definition) is 0. The van der Waals surface area contributed by atoms with Crippen molar-refractivity contribution < 1.29 is 20.8 Å². The van der Waals surface area contributed by atoms with Gasteiger partial charge in [0.1, 0.15) is 0 Å². The van der Waals surface area contributed by atoms with Gasteiger partial charge in [0.15, 0.2) is 0 Å². The van der Waals surface area contributed by atoms with Crippen LogP contribution in [0.4, 0.5) is 0 Å². The summed E-state index contributed by atoms with van der Waals surface area (Å²) in [6.45, 7) is 17.5. The summed E-state index contributed by atoms with van der Waals surface area (Å²) in [4.78, 5) is 0. The molecule has 6 heteroatoms. The molecule has 0 nitrogen and oxygen atoms in total. The molecule has 0 spiro atoms. The zero-order valence-electron chi connectivity index (χ0n) is 21.3. The van der Waals surface area contributed by atoms with Crippen molar-refractivity contribution in [2.24, 2.45) is 0 Å². The van der Waals surface area contributed by atoms with Gasteiger partial charge in [0.25, 0.3) is 0 Å². The summed E-state index contributed by atoms with van der Waals surface area (Å²) in [6.07, 6.45) is 0. The molecule has 0 aliphatic carbocycles. The standard InChI is InChI=1S/2C13H14Br.C2H6Si.2ClH.Zr/c2*1-8(2)10-6-11-4-9(3)5-12(11)13(14)7-10;1-3-2;;;/h2*4-8H,1-3H3;1-2H3;2*1H;/q2*-1;;;;+4/p-2. The molecule has 0 aliphatic heterocycles. The molecule has 0 unspecified atom stereocenters. The molecule has 0 aromatic heterocycles. The second-order valence-corrected chi connectivity index (χ2v) is 15.4.